The van der Waals surface area contributed by atoms with E-state index in [4.69, 9.17) is 9.47 Å². The molecule has 3 unspecified atom stereocenters. The molecule has 0 heterocycles. The third-order valence-corrected chi connectivity index (χ3v) is 7.00. The van der Waals surface area contributed by atoms with Crippen LogP contribution in [0.25, 0.3) is 0 Å². The summed E-state index contributed by atoms with van der Waals surface area (Å²) in [5.41, 5.74) is 0.825. The molecule has 10 heteroatoms. The van der Waals surface area contributed by atoms with Crippen molar-refractivity contribution < 1.29 is 33.8 Å². The maximum Gasteiger partial charge on any atom is 0.410 e. The Bertz CT molecular complexity index is 938. The fourth-order valence-electron chi connectivity index (χ4n) is 4.70. The van der Waals surface area contributed by atoms with E-state index in [2.05, 4.69) is 5.32 Å². The summed E-state index contributed by atoms with van der Waals surface area (Å²) in [6, 6.07) is 6.96. The van der Waals surface area contributed by atoms with Crippen LogP contribution in [-0.2, 0) is 30.5 Å². The molecule has 0 spiro atoms. The Kier molecular flexibility index (Phi) is 14.0. The van der Waals surface area contributed by atoms with Gasteiger partial charge in [0, 0.05) is 21.2 Å². The Morgan fingerprint density at radius 3 is 2.00 bits per heavy atom. The van der Waals surface area contributed by atoms with Crippen molar-refractivity contribution in [2.75, 3.05) is 21.2 Å². The molecule has 0 aromatic heterocycles. The van der Waals surface area contributed by atoms with Gasteiger partial charge in [-0.3, -0.25) is 19.3 Å². The third-order valence-electron chi connectivity index (χ3n) is 7.00. The Hall–Kier alpha value is -3.14. The molecule has 0 bridgehead atoms. The molecule has 0 radical (unpaired) electrons. The summed E-state index contributed by atoms with van der Waals surface area (Å²) in [6.45, 7) is 10.9. The summed E-state index contributed by atoms with van der Waals surface area (Å²) in [6.07, 6.45) is -0.139. The molecule has 1 rings (SSSR count). The number of hydrogen-bond donors (Lipinski definition) is 2. The minimum atomic E-state index is -1.01. The second kappa shape index (κ2) is 16.1. The van der Waals surface area contributed by atoms with E-state index in [1.54, 1.807) is 14.0 Å². The Labute approximate surface area is 233 Å². The fourth-order valence-corrected chi connectivity index (χ4v) is 4.70. The van der Waals surface area contributed by atoms with E-state index in [0.29, 0.717) is 12.8 Å². The first-order valence-electron chi connectivity index (χ1n) is 13.5. The van der Waals surface area contributed by atoms with Crippen molar-refractivity contribution in [1.82, 2.24) is 15.1 Å². The van der Waals surface area contributed by atoms with E-state index in [0.717, 1.165) is 5.56 Å². The van der Waals surface area contributed by atoms with Crippen molar-refractivity contribution in [3.05, 3.63) is 35.9 Å². The van der Waals surface area contributed by atoms with E-state index in [1.807, 2.05) is 65.0 Å². The van der Waals surface area contributed by atoms with Crippen molar-refractivity contribution in [2.45, 2.75) is 85.2 Å². The summed E-state index contributed by atoms with van der Waals surface area (Å²) < 4.78 is 11.0. The van der Waals surface area contributed by atoms with Crippen LogP contribution in [0.2, 0.25) is 0 Å². The zero-order chi connectivity index (χ0) is 29.9. The van der Waals surface area contributed by atoms with Crippen molar-refractivity contribution in [2.24, 2.45) is 17.8 Å². The van der Waals surface area contributed by atoms with Crippen LogP contribution >= 0.6 is 0 Å². The molecule has 0 fully saturated rings. The van der Waals surface area contributed by atoms with Gasteiger partial charge in [0.25, 0.3) is 0 Å². The Morgan fingerprint density at radius 1 is 0.949 bits per heavy atom. The number of nitrogens with one attached hydrogen (secondary N) is 1. The van der Waals surface area contributed by atoms with Crippen molar-refractivity contribution in [3.63, 3.8) is 0 Å². The van der Waals surface area contributed by atoms with Gasteiger partial charge in [-0.2, -0.15) is 0 Å². The van der Waals surface area contributed by atoms with Crippen LogP contribution in [0.4, 0.5) is 4.79 Å². The number of hydrogen-bond acceptors (Lipinski definition) is 6. The average molecular weight is 550 g/mol. The molecule has 0 saturated heterocycles. The van der Waals surface area contributed by atoms with Gasteiger partial charge in [0.2, 0.25) is 11.8 Å². The normalized spacial score (nSPS) is 15.2. The zero-order valence-electron chi connectivity index (χ0n) is 24.8. The molecule has 0 saturated carbocycles. The van der Waals surface area contributed by atoms with Gasteiger partial charge < -0.3 is 24.8 Å². The fraction of sp³-hybridized carbons (Fsp3) is 0.655. The SMILES string of the molecule is CCCC(C(OC)C(C)C(=O)O)N(C)C(=O)[C@@H](NC(=O)[C@H](C(C)C)N(C)C(=O)OCc1ccccc1)C(C)C. The third kappa shape index (κ3) is 9.53. The first-order chi connectivity index (χ1) is 18.3. The Morgan fingerprint density at radius 2 is 1.54 bits per heavy atom. The number of carboxylic acid groups (broad SMARTS) is 1. The number of benzene rings is 1. The van der Waals surface area contributed by atoms with E-state index in [-0.39, 0.29) is 24.3 Å². The number of carboxylic acids is 1. The van der Waals surface area contributed by atoms with Gasteiger partial charge in [0.15, 0.2) is 0 Å². The predicted molar refractivity (Wildman–Crippen MR) is 149 cm³/mol. The topological polar surface area (TPSA) is 125 Å². The number of nitrogens with zero attached hydrogens (tertiary/aromatic N) is 2. The number of ether oxygens (including phenoxy) is 2. The van der Waals surface area contributed by atoms with Crippen LogP contribution in [-0.4, -0.2) is 84.2 Å². The lowest BCUT2D eigenvalue weighted by atomic mass is 9.92. The van der Waals surface area contributed by atoms with Crippen molar-refractivity contribution >= 4 is 23.9 Å². The molecule has 3 amide bonds. The summed E-state index contributed by atoms with van der Waals surface area (Å²) in [5, 5.41) is 12.4. The second-order valence-corrected chi connectivity index (χ2v) is 10.7. The number of aliphatic carboxylic acids is 1. The maximum absolute atomic E-state index is 13.7. The highest BCUT2D eigenvalue weighted by Gasteiger charge is 2.39. The smallest absolute Gasteiger partial charge is 0.410 e. The predicted octanol–water partition coefficient (Wildman–Crippen LogP) is 3.78. The van der Waals surface area contributed by atoms with Gasteiger partial charge in [-0.25, -0.2) is 4.79 Å². The number of carbonyl (C=O) groups excluding carboxylic acids is 3. The summed E-state index contributed by atoms with van der Waals surface area (Å²) >= 11 is 0. The quantitative estimate of drug-likeness (QED) is 0.341. The monoisotopic (exact) mass is 549 g/mol. The summed E-state index contributed by atoms with van der Waals surface area (Å²) in [7, 11) is 4.55. The molecule has 39 heavy (non-hydrogen) atoms. The van der Waals surface area contributed by atoms with Gasteiger partial charge in [-0.1, -0.05) is 71.4 Å². The molecular weight excluding hydrogens is 502 g/mol. The molecule has 0 aliphatic rings. The first-order valence-corrected chi connectivity index (χ1v) is 13.5. The van der Waals surface area contributed by atoms with Gasteiger partial charge in [-0.15, -0.1) is 0 Å². The molecule has 0 aliphatic carbocycles. The molecule has 0 aliphatic heterocycles. The molecule has 2 N–H and O–H groups in total. The maximum atomic E-state index is 13.7. The average Bonchev–Trinajstić information content (AvgIpc) is 2.89. The van der Waals surface area contributed by atoms with Crippen molar-refractivity contribution in [3.8, 4) is 0 Å². The minimum absolute atomic E-state index is 0.0720. The lowest BCUT2D eigenvalue weighted by Crippen LogP contribution is -2.59. The van der Waals surface area contributed by atoms with Gasteiger partial charge in [0.05, 0.1) is 18.1 Å². The zero-order valence-corrected chi connectivity index (χ0v) is 24.8. The lowest BCUT2D eigenvalue weighted by Gasteiger charge is -2.38. The number of likely N-dealkylation sites (N-methyl/N-ethyl adjacent to an activating group) is 2. The van der Waals surface area contributed by atoms with Gasteiger partial charge >= 0.3 is 12.1 Å². The molecular formula is C29H47N3O7. The largest absolute Gasteiger partial charge is 0.481 e. The van der Waals surface area contributed by atoms with Crippen molar-refractivity contribution in [1.29, 1.82) is 0 Å². The lowest BCUT2D eigenvalue weighted by molar-refractivity contribution is -0.152. The number of rotatable bonds is 15. The van der Waals surface area contributed by atoms with Crippen LogP contribution in [0.1, 0.15) is 59.9 Å². The van der Waals surface area contributed by atoms with Crippen LogP contribution in [0.5, 0.6) is 0 Å². The molecule has 1 aromatic carbocycles. The highest BCUT2D eigenvalue weighted by Crippen LogP contribution is 2.22. The number of carbonyl (C=O) groups is 4. The number of amides is 3. The highest BCUT2D eigenvalue weighted by atomic mass is 16.6. The summed E-state index contributed by atoms with van der Waals surface area (Å²) in [4.78, 5) is 54.4. The van der Waals surface area contributed by atoms with Crippen LogP contribution in [0.15, 0.2) is 30.3 Å². The number of methoxy groups -OCH3 is 1. The van der Waals surface area contributed by atoms with Crippen LogP contribution < -0.4 is 5.32 Å². The molecule has 1 aromatic rings. The van der Waals surface area contributed by atoms with Crippen LogP contribution in [0.3, 0.4) is 0 Å². The van der Waals surface area contributed by atoms with E-state index in [1.165, 1.54) is 24.0 Å². The minimum Gasteiger partial charge on any atom is -0.481 e. The molecule has 10 nitrogen and oxygen atoms in total. The van der Waals surface area contributed by atoms with E-state index in [9.17, 15) is 24.3 Å². The molecule has 220 valence electrons. The standard InChI is InChI=1S/C29H47N3O7/c1-10-14-22(25(38-9)20(6)28(35)36)31(7)27(34)23(18(2)3)30-26(33)24(19(4)5)32(8)29(37)39-17-21-15-12-11-13-16-21/h11-13,15-16,18-20,22-25H,10,14,17H2,1-9H3,(H,30,33)(H,35,36)/t20?,22?,23-,24-,25?/m0/s1. The van der Waals surface area contributed by atoms with Gasteiger partial charge in [-0.05, 0) is 30.7 Å². The first kappa shape index (κ1) is 33.9. The van der Waals surface area contributed by atoms with E-state index < -0.39 is 48.1 Å². The van der Waals surface area contributed by atoms with Crippen LogP contribution in [0, 0.1) is 17.8 Å². The van der Waals surface area contributed by atoms with Gasteiger partial charge in [0.1, 0.15) is 18.7 Å². The second-order valence-electron chi connectivity index (χ2n) is 10.7. The Balaban J connectivity index is 3.10. The molecule has 5 atom stereocenters. The van der Waals surface area contributed by atoms with E-state index >= 15 is 0 Å². The summed E-state index contributed by atoms with van der Waals surface area (Å²) in [5.74, 6) is -3.21. The highest BCUT2D eigenvalue weighted by molar-refractivity contribution is 5.91.